The van der Waals surface area contributed by atoms with Crippen LogP contribution < -0.4 is 15.7 Å². The van der Waals surface area contributed by atoms with E-state index in [0.29, 0.717) is 22.6 Å². The second-order valence-corrected chi connectivity index (χ2v) is 14.2. The molecule has 3 heterocycles. The Morgan fingerprint density at radius 3 is 2.44 bits per heavy atom. The van der Waals surface area contributed by atoms with Gasteiger partial charge in [-0.15, -0.1) is 0 Å². The molecule has 6 rings (SSSR count). The summed E-state index contributed by atoms with van der Waals surface area (Å²) in [6, 6.07) is 20.1. The molecule has 10 nitrogen and oxygen atoms in total. The van der Waals surface area contributed by atoms with Crippen molar-refractivity contribution in [3.63, 3.8) is 0 Å². The van der Waals surface area contributed by atoms with Crippen LogP contribution in [0.2, 0.25) is 0 Å². The third-order valence-corrected chi connectivity index (χ3v) is 10.1. The molecule has 0 saturated carbocycles. The van der Waals surface area contributed by atoms with Crippen LogP contribution in [0.25, 0.3) is 16.9 Å². The Morgan fingerprint density at radius 2 is 1.77 bits per heavy atom. The van der Waals surface area contributed by atoms with E-state index < -0.39 is 29.8 Å². The number of nitrogens with zero attached hydrogens (tertiary/aromatic N) is 5. The van der Waals surface area contributed by atoms with Crippen LogP contribution >= 0.6 is 15.9 Å². The summed E-state index contributed by atoms with van der Waals surface area (Å²) in [5.74, 6) is -0.638. The van der Waals surface area contributed by atoms with E-state index in [0.717, 1.165) is 35.0 Å². The number of aryl methyl sites for hydroxylation is 1. The van der Waals surface area contributed by atoms with Gasteiger partial charge < -0.3 is 15.0 Å². The molecule has 0 fully saturated rings. The zero-order valence-electron chi connectivity index (χ0n) is 28.9. The van der Waals surface area contributed by atoms with Crippen molar-refractivity contribution in [1.29, 1.82) is 0 Å². The normalized spacial score (nSPS) is 14.5. The van der Waals surface area contributed by atoms with Crippen LogP contribution in [0.1, 0.15) is 58.4 Å². The monoisotopic (exact) mass is 776 g/mol. The van der Waals surface area contributed by atoms with Crippen LogP contribution in [0.3, 0.4) is 0 Å². The first kappa shape index (κ1) is 36.5. The van der Waals surface area contributed by atoms with Gasteiger partial charge in [-0.05, 0) is 87.4 Å². The van der Waals surface area contributed by atoms with Crippen LogP contribution in [0.15, 0.2) is 94.6 Å². The number of fused-ring (bicyclic) bond motifs is 1. The second-order valence-electron chi connectivity index (χ2n) is 13.4. The van der Waals surface area contributed by atoms with E-state index in [1.54, 1.807) is 35.4 Å². The number of ether oxygens (including phenoxy) is 1. The summed E-state index contributed by atoms with van der Waals surface area (Å²) in [6.07, 6.45) is -1.40. The predicted molar refractivity (Wildman–Crippen MR) is 192 cm³/mol. The molecule has 14 heteroatoms. The van der Waals surface area contributed by atoms with Gasteiger partial charge in [0.15, 0.2) is 0 Å². The number of aromatic nitrogens is 4. The highest BCUT2D eigenvalue weighted by Gasteiger charge is 2.48. The highest BCUT2D eigenvalue weighted by Crippen LogP contribution is 2.38. The Labute approximate surface area is 306 Å². The Bertz CT molecular complexity index is 2180. The van der Waals surface area contributed by atoms with Crippen LogP contribution in [0, 0.1) is 12.3 Å². The number of carbonyl (C=O) groups excluding carboxylic acids is 2. The van der Waals surface area contributed by atoms with Gasteiger partial charge in [-0.3, -0.25) is 18.7 Å². The third-order valence-electron chi connectivity index (χ3n) is 9.20. The first-order valence-corrected chi connectivity index (χ1v) is 17.3. The zero-order chi connectivity index (χ0) is 37.4. The molecule has 0 saturated heterocycles. The smallest absolute Gasteiger partial charge is 0.397 e. The summed E-state index contributed by atoms with van der Waals surface area (Å²) in [7, 11) is 0. The van der Waals surface area contributed by atoms with Crippen molar-refractivity contribution >= 4 is 27.7 Å². The molecule has 1 aliphatic heterocycles. The molecule has 2 amide bonds. The molecule has 1 atom stereocenters. The van der Waals surface area contributed by atoms with Crippen LogP contribution in [0.5, 0.6) is 5.75 Å². The standard InChI is InChI=1S/C38H36BrF3N6O4/c1-23-17-25(9-14-30(23)39)35(50)46-20-32-33(34(49)44-18-26-7-5-6-8-29(26)31-15-16-43-22-45-31)48(36(51)47(32)19-24(46)2)27-10-12-28(13-11-27)52-21-37(3,4)38(40,41)42/h5-17,22,24H,18-21H2,1-4H3,(H,44,49)/t24-/m1/s1. The van der Waals surface area contributed by atoms with Crippen molar-refractivity contribution in [2.45, 2.75) is 59.5 Å². The molecule has 52 heavy (non-hydrogen) atoms. The molecule has 270 valence electrons. The predicted octanol–water partition coefficient (Wildman–Crippen LogP) is 7.11. The minimum atomic E-state index is -4.47. The molecule has 0 radical (unpaired) electrons. The molecule has 2 aromatic heterocycles. The quantitative estimate of drug-likeness (QED) is 0.171. The van der Waals surface area contributed by atoms with Crippen LogP contribution in [0.4, 0.5) is 13.2 Å². The average Bonchev–Trinajstić information content (AvgIpc) is 3.41. The first-order chi connectivity index (χ1) is 24.7. The van der Waals surface area contributed by atoms with E-state index in [1.165, 1.54) is 39.7 Å². The fourth-order valence-corrected chi connectivity index (χ4v) is 6.22. The Hall–Kier alpha value is -5.24. The van der Waals surface area contributed by atoms with Gasteiger partial charge in [-0.1, -0.05) is 40.2 Å². The summed E-state index contributed by atoms with van der Waals surface area (Å²) in [5, 5.41) is 2.97. The number of carbonyl (C=O) groups is 2. The molecular formula is C38H36BrF3N6O4. The second kappa shape index (κ2) is 14.4. The minimum absolute atomic E-state index is 0.0225. The number of benzene rings is 3. The third kappa shape index (κ3) is 7.25. The van der Waals surface area contributed by atoms with Gasteiger partial charge in [0, 0.05) is 40.9 Å². The topological polar surface area (TPSA) is 111 Å². The van der Waals surface area contributed by atoms with Gasteiger partial charge in [-0.25, -0.2) is 14.8 Å². The summed E-state index contributed by atoms with van der Waals surface area (Å²) >= 11 is 3.48. The van der Waals surface area contributed by atoms with Crippen molar-refractivity contribution in [2.75, 3.05) is 6.61 Å². The number of hydrogen-bond acceptors (Lipinski definition) is 6. The van der Waals surface area contributed by atoms with Crippen molar-refractivity contribution in [2.24, 2.45) is 5.41 Å². The average molecular weight is 778 g/mol. The lowest BCUT2D eigenvalue weighted by atomic mass is 9.94. The number of amides is 2. The number of hydrogen-bond donors (Lipinski definition) is 1. The van der Waals surface area contributed by atoms with Crippen molar-refractivity contribution in [1.82, 2.24) is 29.3 Å². The molecule has 0 bridgehead atoms. The fraction of sp³-hybridized carbons (Fsp3) is 0.289. The molecule has 5 aromatic rings. The SMILES string of the molecule is Cc1cc(C(=O)N2Cc3c(C(=O)NCc4ccccc4-c4ccncn4)n(-c4ccc(OCC(C)(C)C(F)(F)F)cc4)c(=O)n3C[C@H]2C)ccc1Br. The van der Waals surface area contributed by atoms with Gasteiger partial charge in [0.05, 0.1) is 29.0 Å². The first-order valence-electron chi connectivity index (χ1n) is 16.5. The lowest BCUT2D eigenvalue weighted by molar-refractivity contribution is -0.219. The van der Waals surface area contributed by atoms with Crippen LogP contribution in [-0.4, -0.2) is 54.6 Å². The Morgan fingerprint density at radius 1 is 1.04 bits per heavy atom. The maximum Gasteiger partial charge on any atom is 0.397 e. The van der Waals surface area contributed by atoms with E-state index in [-0.39, 0.29) is 43.0 Å². The maximum atomic E-state index is 14.3. The van der Waals surface area contributed by atoms with E-state index in [4.69, 9.17) is 4.74 Å². The maximum absolute atomic E-state index is 14.3. The minimum Gasteiger partial charge on any atom is -0.493 e. The van der Waals surface area contributed by atoms with Crippen molar-refractivity contribution < 1.29 is 27.5 Å². The summed E-state index contributed by atoms with van der Waals surface area (Å²) in [6.45, 7) is 5.42. The lowest BCUT2D eigenvalue weighted by Gasteiger charge is -2.34. The van der Waals surface area contributed by atoms with Gasteiger partial charge in [-0.2, -0.15) is 13.2 Å². The number of halogens is 4. The Kier molecular flexibility index (Phi) is 10.1. The highest BCUT2D eigenvalue weighted by molar-refractivity contribution is 9.10. The van der Waals surface area contributed by atoms with Gasteiger partial charge in [0.1, 0.15) is 24.4 Å². The van der Waals surface area contributed by atoms with Gasteiger partial charge in [0.25, 0.3) is 11.8 Å². The fourth-order valence-electron chi connectivity index (χ4n) is 5.98. The molecule has 3 aromatic carbocycles. The molecule has 1 N–H and O–H groups in total. The molecular weight excluding hydrogens is 741 g/mol. The molecule has 1 aliphatic rings. The summed E-state index contributed by atoms with van der Waals surface area (Å²) < 4.78 is 49.4. The summed E-state index contributed by atoms with van der Waals surface area (Å²) in [4.78, 5) is 52.3. The van der Waals surface area contributed by atoms with E-state index in [9.17, 15) is 27.6 Å². The number of imidazole rings is 1. The number of nitrogens with one attached hydrogen (secondary N) is 1. The Balaban J connectivity index is 1.37. The van der Waals surface area contributed by atoms with Gasteiger partial charge >= 0.3 is 11.9 Å². The lowest BCUT2D eigenvalue weighted by Crippen LogP contribution is -2.47. The zero-order valence-corrected chi connectivity index (χ0v) is 30.5. The molecule has 0 aliphatic carbocycles. The van der Waals surface area contributed by atoms with E-state index in [1.807, 2.05) is 38.1 Å². The van der Waals surface area contributed by atoms with Crippen LogP contribution in [-0.2, 0) is 19.6 Å². The summed E-state index contributed by atoms with van der Waals surface area (Å²) in [5.41, 5.74) is 1.70. The number of alkyl halides is 3. The van der Waals surface area contributed by atoms with E-state index in [2.05, 4.69) is 31.2 Å². The van der Waals surface area contributed by atoms with Crippen molar-refractivity contribution in [3.05, 3.63) is 128 Å². The van der Waals surface area contributed by atoms with E-state index >= 15 is 0 Å². The van der Waals surface area contributed by atoms with Crippen molar-refractivity contribution in [3.8, 4) is 22.7 Å². The van der Waals surface area contributed by atoms with Gasteiger partial charge in [0.2, 0.25) is 0 Å². The molecule has 0 unspecified atom stereocenters. The highest BCUT2D eigenvalue weighted by atomic mass is 79.9. The number of rotatable bonds is 9. The molecule has 0 spiro atoms. The largest absolute Gasteiger partial charge is 0.493 e.